The molecule has 0 aromatic heterocycles. The van der Waals surface area contributed by atoms with Gasteiger partial charge in [0.25, 0.3) is 0 Å². The van der Waals surface area contributed by atoms with Crippen LogP contribution in [0.25, 0.3) is 0 Å². The van der Waals surface area contributed by atoms with Crippen molar-refractivity contribution in [3.63, 3.8) is 0 Å². The monoisotopic (exact) mass is 269 g/mol. The van der Waals surface area contributed by atoms with Crippen LogP contribution in [-0.4, -0.2) is 27.5 Å². The van der Waals surface area contributed by atoms with Gasteiger partial charge in [-0.2, -0.15) is 13.2 Å². The van der Waals surface area contributed by atoms with Crippen LogP contribution in [0.2, 0.25) is 0 Å². The molecule has 0 saturated carbocycles. The van der Waals surface area contributed by atoms with E-state index in [1.807, 2.05) is 0 Å². The Hall–Kier alpha value is -1.44. The van der Waals surface area contributed by atoms with E-state index in [4.69, 9.17) is 5.73 Å². The normalized spacial score (nSPS) is 12.5. The Morgan fingerprint density at radius 2 is 1.94 bits per heavy atom. The molecule has 0 radical (unpaired) electrons. The van der Waals surface area contributed by atoms with E-state index in [1.165, 1.54) is 12.1 Å². The largest absolute Gasteiger partial charge is 0.482 e. The number of sulfone groups is 1. The van der Waals surface area contributed by atoms with E-state index in [2.05, 4.69) is 4.74 Å². The molecular weight excluding hydrogens is 259 g/mol. The van der Waals surface area contributed by atoms with Crippen molar-refractivity contribution in [2.45, 2.75) is 11.1 Å². The molecule has 0 aliphatic heterocycles. The summed E-state index contributed by atoms with van der Waals surface area (Å²) in [6.45, 7) is -1.52. The van der Waals surface area contributed by atoms with Crippen molar-refractivity contribution in [1.82, 2.24) is 0 Å². The van der Waals surface area contributed by atoms with E-state index in [-0.39, 0.29) is 16.3 Å². The highest BCUT2D eigenvalue weighted by Gasteiger charge is 2.28. The fourth-order valence-electron chi connectivity index (χ4n) is 1.03. The standard InChI is InChI=1S/C9H10F3NO3S/c1-17(14,15)6-2-3-7(13)8(4-6)16-5-9(10,11)12/h2-4H,5,13H2,1H3. The molecule has 1 aromatic carbocycles. The molecule has 1 rings (SSSR count). The van der Waals surface area contributed by atoms with Gasteiger partial charge < -0.3 is 10.5 Å². The maximum Gasteiger partial charge on any atom is 0.422 e. The van der Waals surface area contributed by atoms with Crippen LogP contribution in [0.1, 0.15) is 0 Å². The lowest BCUT2D eigenvalue weighted by atomic mass is 10.3. The molecule has 2 N–H and O–H groups in total. The van der Waals surface area contributed by atoms with Crippen molar-refractivity contribution in [3.8, 4) is 5.75 Å². The summed E-state index contributed by atoms with van der Waals surface area (Å²) in [4.78, 5) is -0.149. The summed E-state index contributed by atoms with van der Waals surface area (Å²) in [6, 6.07) is 3.35. The Morgan fingerprint density at radius 3 is 2.41 bits per heavy atom. The fraction of sp³-hybridized carbons (Fsp3) is 0.333. The lowest BCUT2D eigenvalue weighted by Crippen LogP contribution is -2.19. The number of ether oxygens (including phenoxy) is 1. The average Bonchev–Trinajstić information content (AvgIpc) is 2.13. The van der Waals surface area contributed by atoms with Crippen LogP contribution in [0, 0.1) is 0 Å². The van der Waals surface area contributed by atoms with E-state index in [1.54, 1.807) is 0 Å². The average molecular weight is 269 g/mol. The molecule has 8 heteroatoms. The number of hydrogen-bond acceptors (Lipinski definition) is 4. The van der Waals surface area contributed by atoms with Gasteiger partial charge in [-0.15, -0.1) is 0 Å². The molecule has 0 saturated heterocycles. The molecule has 0 spiro atoms. The number of rotatable bonds is 3. The van der Waals surface area contributed by atoms with Crippen molar-refractivity contribution >= 4 is 15.5 Å². The van der Waals surface area contributed by atoms with Crippen molar-refractivity contribution < 1.29 is 26.3 Å². The van der Waals surface area contributed by atoms with Crippen molar-refractivity contribution in [3.05, 3.63) is 18.2 Å². The van der Waals surface area contributed by atoms with Gasteiger partial charge in [0.05, 0.1) is 10.6 Å². The highest BCUT2D eigenvalue weighted by molar-refractivity contribution is 7.90. The second-order valence-electron chi connectivity index (χ2n) is 3.38. The van der Waals surface area contributed by atoms with Crippen LogP contribution in [-0.2, 0) is 9.84 Å². The first-order chi connectivity index (χ1) is 7.59. The second kappa shape index (κ2) is 4.44. The number of hydrogen-bond donors (Lipinski definition) is 1. The first-order valence-electron chi connectivity index (χ1n) is 4.39. The van der Waals surface area contributed by atoms with E-state index >= 15 is 0 Å². The Bertz CT molecular complexity index is 511. The molecule has 1 aromatic rings. The molecule has 96 valence electrons. The topological polar surface area (TPSA) is 69.4 Å². The van der Waals surface area contributed by atoms with E-state index in [0.29, 0.717) is 0 Å². The zero-order valence-electron chi connectivity index (χ0n) is 8.78. The Kier molecular flexibility index (Phi) is 3.56. The second-order valence-corrected chi connectivity index (χ2v) is 5.39. The van der Waals surface area contributed by atoms with E-state index in [0.717, 1.165) is 12.3 Å². The van der Waals surface area contributed by atoms with Crippen LogP contribution < -0.4 is 10.5 Å². The summed E-state index contributed by atoms with van der Waals surface area (Å²) >= 11 is 0. The number of anilines is 1. The lowest BCUT2D eigenvalue weighted by molar-refractivity contribution is -0.153. The molecule has 0 aliphatic rings. The first kappa shape index (κ1) is 13.6. The van der Waals surface area contributed by atoms with Gasteiger partial charge in [0.15, 0.2) is 16.4 Å². The quantitative estimate of drug-likeness (QED) is 0.846. The summed E-state index contributed by atoms with van der Waals surface area (Å²) < 4.78 is 62.6. The Labute approximate surface area is 96.1 Å². The zero-order chi connectivity index (χ0) is 13.3. The zero-order valence-corrected chi connectivity index (χ0v) is 9.60. The molecule has 0 bridgehead atoms. The smallest absolute Gasteiger partial charge is 0.422 e. The van der Waals surface area contributed by atoms with E-state index in [9.17, 15) is 21.6 Å². The molecule has 0 aliphatic carbocycles. The number of alkyl halides is 3. The minimum absolute atomic E-state index is 0.0540. The summed E-state index contributed by atoms with van der Waals surface area (Å²) in [5.41, 5.74) is 5.32. The van der Waals surface area contributed by atoms with Gasteiger partial charge in [-0.1, -0.05) is 0 Å². The fourth-order valence-corrected chi connectivity index (χ4v) is 1.67. The van der Waals surface area contributed by atoms with Gasteiger partial charge in [-0.05, 0) is 12.1 Å². The van der Waals surface area contributed by atoms with Gasteiger partial charge in [-0.3, -0.25) is 0 Å². The van der Waals surface area contributed by atoms with Gasteiger partial charge in [0.2, 0.25) is 0 Å². The highest BCUT2D eigenvalue weighted by Crippen LogP contribution is 2.27. The summed E-state index contributed by atoms with van der Waals surface area (Å²) in [7, 11) is -3.51. The molecule has 0 amide bonds. The maximum atomic E-state index is 11.9. The molecule has 4 nitrogen and oxygen atoms in total. The molecule has 0 heterocycles. The molecule has 0 unspecified atom stereocenters. The summed E-state index contributed by atoms with van der Waals surface area (Å²) in [5.74, 6) is -0.301. The lowest BCUT2D eigenvalue weighted by Gasteiger charge is -2.11. The maximum absolute atomic E-state index is 11.9. The highest BCUT2D eigenvalue weighted by atomic mass is 32.2. The summed E-state index contributed by atoms with van der Waals surface area (Å²) in [5, 5.41) is 0. The number of benzene rings is 1. The van der Waals surface area contributed by atoms with Crippen molar-refractivity contribution in [1.29, 1.82) is 0 Å². The molecule has 17 heavy (non-hydrogen) atoms. The first-order valence-corrected chi connectivity index (χ1v) is 6.28. The van der Waals surface area contributed by atoms with Crippen LogP contribution in [0.3, 0.4) is 0 Å². The van der Waals surface area contributed by atoms with Gasteiger partial charge in [0.1, 0.15) is 5.75 Å². The van der Waals surface area contributed by atoms with Crippen LogP contribution in [0.15, 0.2) is 23.1 Å². The predicted octanol–water partition coefficient (Wildman–Crippen LogP) is 1.61. The molecular formula is C9H10F3NO3S. The predicted molar refractivity (Wildman–Crippen MR) is 55.5 cm³/mol. The third-order valence-electron chi connectivity index (χ3n) is 1.80. The minimum atomic E-state index is -4.51. The van der Waals surface area contributed by atoms with Gasteiger partial charge in [0, 0.05) is 12.3 Å². The molecule has 0 atom stereocenters. The Balaban J connectivity index is 3.00. The number of halogens is 3. The van der Waals surface area contributed by atoms with Crippen LogP contribution >= 0.6 is 0 Å². The van der Waals surface area contributed by atoms with Gasteiger partial charge >= 0.3 is 6.18 Å². The van der Waals surface area contributed by atoms with Gasteiger partial charge in [-0.25, -0.2) is 8.42 Å². The SMILES string of the molecule is CS(=O)(=O)c1ccc(N)c(OCC(F)(F)F)c1. The van der Waals surface area contributed by atoms with Crippen LogP contribution in [0.5, 0.6) is 5.75 Å². The van der Waals surface area contributed by atoms with Crippen molar-refractivity contribution in [2.75, 3.05) is 18.6 Å². The van der Waals surface area contributed by atoms with Crippen LogP contribution in [0.4, 0.5) is 18.9 Å². The molecule has 0 fully saturated rings. The Morgan fingerprint density at radius 1 is 1.35 bits per heavy atom. The van der Waals surface area contributed by atoms with E-state index < -0.39 is 22.6 Å². The van der Waals surface area contributed by atoms with Crippen molar-refractivity contribution in [2.24, 2.45) is 0 Å². The third-order valence-corrected chi connectivity index (χ3v) is 2.91. The third kappa shape index (κ3) is 4.14. The number of nitrogen functional groups attached to an aromatic ring is 1. The summed E-state index contributed by atoms with van der Waals surface area (Å²) in [6.07, 6.45) is -3.57. The number of nitrogens with two attached hydrogens (primary N) is 1. The minimum Gasteiger partial charge on any atom is -0.482 e.